The molecular formula is C18H24N4. The van der Waals surface area contributed by atoms with Gasteiger partial charge in [-0.15, -0.1) is 0 Å². The number of aryl methyl sites for hydroxylation is 1. The van der Waals surface area contributed by atoms with Gasteiger partial charge in [-0.2, -0.15) is 0 Å². The maximum Gasteiger partial charge on any atom is 0.161 e. The fraction of sp³-hybridized carbons (Fsp3) is 0.444. The Morgan fingerprint density at radius 2 is 2.09 bits per heavy atom. The van der Waals surface area contributed by atoms with Crippen LogP contribution in [0.15, 0.2) is 36.4 Å². The molecule has 2 N–H and O–H groups in total. The lowest BCUT2D eigenvalue weighted by molar-refractivity contribution is 0.479. The molecule has 0 saturated carbocycles. The zero-order valence-corrected chi connectivity index (χ0v) is 13.2. The van der Waals surface area contributed by atoms with E-state index >= 15 is 0 Å². The Hall–Kier alpha value is -1.94. The summed E-state index contributed by atoms with van der Waals surface area (Å²) in [4.78, 5) is 9.45. The number of anilines is 1. The number of aromatic nitrogens is 2. The summed E-state index contributed by atoms with van der Waals surface area (Å²) in [6.45, 7) is 4.31. The highest BCUT2D eigenvalue weighted by Crippen LogP contribution is 2.19. The van der Waals surface area contributed by atoms with Crippen molar-refractivity contribution in [2.24, 2.45) is 0 Å². The Labute approximate surface area is 132 Å². The van der Waals surface area contributed by atoms with Crippen molar-refractivity contribution in [2.75, 3.05) is 18.4 Å². The normalized spacial score (nSPS) is 18.1. The smallest absolute Gasteiger partial charge is 0.161 e. The fourth-order valence-electron chi connectivity index (χ4n) is 2.86. The van der Waals surface area contributed by atoms with Gasteiger partial charge in [0, 0.05) is 29.9 Å². The summed E-state index contributed by atoms with van der Waals surface area (Å²) in [5.41, 5.74) is 2.19. The minimum Gasteiger partial charge on any atom is -0.366 e. The van der Waals surface area contributed by atoms with Crippen molar-refractivity contribution in [3.8, 4) is 11.4 Å². The summed E-state index contributed by atoms with van der Waals surface area (Å²) in [5, 5.41) is 7.01. The van der Waals surface area contributed by atoms with Crippen LogP contribution in [0.3, 0.4) is 0 Å². The quantitative estimate of drug-likeness (QED) is 0.889. The molecule has 2 aromatic rings. The standard InChI is InChI=1S/C18H24N4/c1-2-7-15-12-17(20-16-10-6-11-19-13-16)22-18(21-15)14-8-4-3-5-9-14/h3-5,8-9,12,16,19H,2,6-7,10-11,13H2,1H3,(H,20,21,22). The topological polar surface area (TPSA) is 49.8 Å². The molecule has 0 bridgehead atoms. The summed E-state index contributed by atoms with van der Waals surface area (Å²) in [6.07, 6.45) is 4.49. The highest BCUT2D eigenvalue weighted by molar-refractivity contribution is 5.57. The van der Waals surface area contributed by atoms with E-state index < -0.39 is 0 Å². The second-order valence-corrected chi connectivity index (χ2v) is 5.87. The Morgan fingerprint density at radius 1 is 1.23 bits per heavy atom. The molecule has 0 spiro atoms. The maximum atomic E-state index is 4.73. The largest absolute Gasteiger partial charge is 0.366 e. The Morgan fingerprint density at radius 3 is 2.82 bits per heavy atom. The number of nitrogens with zero attached hydrogens (tertiary/aromatic N) is 2. The first kappa shape index (κ1) is 15.0. The third kappa shape index (κ3) is 3.83. The van der Waals surface area contributed by atoms with E-state index in [1.807, 2.05) is 18.2 Å². The summed E-state index contributed by atoms with van der Waals surface area (Å²) >= 11 is 0. The highest BCUT2D eigenvalue weighted by atomic mass is 15.1. The average molecular weight is 296 g/mol. The first-order valence-corrected chi connectivity index (χ1v) is 8.26. The lowest BCUT2D eigenvalue weighted by Crippen LogP contribution is -2.38. The van der Waals surface area contributed by atoms with E-state index in [1.54, 1.807) is 0 Å². The molecule has 1 fully saturated rings. The van der Waals surface area contributed by atoms with Crippen LogP contribution in [-0.4, -0.2) is 29.1 Å². The lowest BCUT2D eigenvalue weighted by atomic mass is 10.1. The first-order valence-electron chi connectivity index (χ1n) is 8.26. The molecule has 0 radical (unpaired) electrons. The number of rotatable bonds is 5. The van der Waals surface area contributed by atoms with Crippen LogP contribution < -0.4 is 10.6 Å². The lowest BCUT2D eigenvalue weighted by Gasteiger charge is -2.24. The first-order chi connectivity index (χ1) is 10.8. The number of benzene rings is 1. The van der Waals surface area contributed by atoms with Crippen molar-refractivity contribution in [3.63, 3.8) is 0 Å². The van der Waals surface area contributed by atoms with Crippen molar-refractivity contribution in [1.29, 1.82) is 0 Å². The molecule has 0 amide bonds. The number of hydrogen-bond donors (Lipinski definition) is 2. The van der Waals surface area contributed by atoms with Crippen LogP contribution in [0.25, 0.3) is 11.4 Å². The van der Waals surface area contributed by atoms with Gasteiger partial charge in [0.1, 0.15) is 5.82 Å². The molecular weight excluding hydrogens is 272 g/mol. The van der Waals surface area contributed by atoms with E-state index in [0.717, 1.165) is 48.8 Å². The molecule has 1 aliphatic rings. The molecule has 116 valence electrons. The van der Waals surface area contributed by atoms with Gasteiger partial charge in [-0.3, -0.25) is 0 Å². The maximum absolute atomic E-state index is 4.73. The van der Waals surface area contributed by atoms with E-state index in [1.165, 1.54) is 12.8 Å². The second-order valence-electron chi connectivity index (χ2n) is 5.87. The fourth-order valence-corrected chi connectivity index (χ4v) is 2.86. The molecule has 1 unspecified atom stereocenters. The predicted octanol–water partition coefficient (Wildman–Crippen LogP) is 3.26. The number of nitrogens with one attached hydrogen (secondary N) is 2. The monoisotopic (exact) mass is 296 g/mol. The van der Waals surface area contributed by atoms with E-state index in [9.17, 15) is 0 Å². The molecule has 2 heterocycles. The van der Waals surface area contributed by atoms with E-state index in [2.05, 4.69) is 35.8 Å². The van der Waals surface area contributed by atoms with Gasteiger partial charge in [0.2, 0.25) is 0 Å². The van der Waals surface area contributed by atoms with Crippen molar-refractivity contribution >= 4 is 5.82 Å². The van der Waals surface area contributed by atoms with Crippen molar-refractivity contribution in [3.05, 3.63) is 42.1 Å². The summed E-state index contributed by atoms with van der Waals surface area (Å²) in [5.74, 6) is 1.77. The SMILES string of the molecule is CCCc1cc(NC2CCCNC2)nc(-c2ccccc2)n1. The van der Waals surface area contributed by atoms with Gasteiger partial charge in [0.25, 0.3) is 0 Å². The summed E-state index contributed by atoms with van der Waals surface area (Å²) in [7, 11) is 0. The van der Waals surface area contributed by atoms with Gasteiger partial charge in [0.15, 0.2) is 5.82 Å². The van der Waals surface area contributed by atoms with Crippen LogP contribution >= 0.6 is 0 Å². The zero-order chi connectivity index (χ0) is 15.2. The van der Waals surface area contributed by atoms with E-state index in [0.29, 0.717) is 6.04 Å². The van der Waals surface area contributed by atoms with Crippen LogP contribution in [0.4, 0.5) is 5.82 Å². The van der Waals surface area contributed by atoms with Crippen LogP contribution in [0.2, 0.25) is 0 Å². The van der Waals surface area contributed by atoms with Crippen LogP contribution in [0, 0.1) is 0 Å². The summed E-state index contributed by atoms with van der Waals surface area (Å²) < 4.78 is 0. The van der Waals surface area contributed by atoms with Crippen LogP contribution in [0.1, 0.15) is 31.9 Å². The van der Waals surface area contributed by atoms with Crippen molar-refractivity contribution in [1.82, 2.24) is 15.3 Å². The Kier molecular flexibility index (Phi) is 5.01. The number of piperidine rings is 1. The van der Waals surface area contributed by atoms with E-state index in [4.69, 9.17) is 9.97 Å². The molecule has 4 heteroatoms. The van der Waals surface area contributed by atoms with Gasteiger partial charge < -0.3 is 10.6 Å². The highest BCUT2D eigenvalue weighted by Gasteiger charge is 2.14. The molecule has 0 aliphatic carbocycles. The second kappa shape index (κ2) is 7.36. The minimum atomic E-state index is 0.460. The van der Waals surface area contributed by atoms with Crippen LogP contribution in [-0.2, 0) is 6.42 Å². The molecule has 1 aromatic heterocycles. The summed E-state index contributed by atoms with van der Waals surface area (Å²) in [6, 6.07) is 12.8. The van der Waals surface area contributed by atoms with Gasteiger partial charge >= 0.3 is 0 Å². The Balaban J connectivity index is 1.86. The molecule has 1 atom stereocenters. The molecule has 22 heavy (non-hydrogen) atoms. The van der Waals surface area contributed by atoms with Crippen molar-refractivity contribution in [2.45, 2.75) is 38.6 Å². The Bertz CT molecular complexity index is 591. The third-order valence-corrected chi connectivity index (χ3v) is 3.97. The van der Waals surface area contributed by atoms with Gasteiger partial charge in [-0.05, 0) is 25.8 Å². The van der Waals surface area contributed by atoms with Gasteiger partial charge in [-0.1, -0.05) is 43.7 Å². The zero-order valence-electron chi connectivity index (χ0n) is 13.2. The number of hydrogen-bond acceptors (Lipinski definition) is 4. The molecule has 1 saturated heterocycles. The molecule has 3 rings (SSSR count). The predicted molar refractivity (Wildman–Crippen MR) is 91.0 cm³/mol. The average Bonchev–Trinajstić information content (AvgIpc) is 2.57. The van der Waals surface area contributed by atoms with Crippen molar-refractivity contribution < 1.29 is 0 Å². The van der Waals surface area contributed by atoms with Gasteiger partial charge in [0.05, 0.1) is 0 Å². The minimum absolute atomic E-state index is 0.460. The van der Waals surface area contributed by atoms with E-state index in [-0.39, 0.29) is 0 Å². The van der Waals surface area contributed by atoms with Crippen LogP contribution in [0.5, 0.6) is 0 Å². The molecule has 1 aliphatic heterocycles. The molecule has 4 nitrogen and oxygen atoms in total. The molecule has 1 aromatic carbocycles. The third-order valence-electron chi connectivity index (χ3n) is 3.97. The van der Waals surface area contributed by atoms with Gasteiger partial charge in [-0.25, -0.2) is 9.97 Å².